The summed E-state index contributed by atoms with van der Waals surface area (Å²) in [4.78, 5) is 12.3. The molecule has 1 aromatic rings. The SMILES string of the molecule is O=C1C2CCCCCC2=NN1CCCc1ccccc1. The van der Waals surface area contributed by atoms with E-state index in [1.165, 1.54) is 24.8 Å². The first-order valence-corrected chi connectivity index (χ1v) is 7.77. The molecule has 1 atom stereocenters. The molecule has 0 radical (unpaired) electrons. The largest absolute Gasteiger partial charge is 0.272 e. The molecule has 1 unspecified atom stereocenters. The van der Waals surface area contributed by atoms with Crippen LogP contribution in [0.3, 0.4) is 0 Å². The van der Waals surface area contributed by atoms with Crippen molar-refractivity contribution >= 4 is 11.6 Å². The summed E-state index contributed by atoms with van der Waals surface area (Å²) in [5.74, 6) is 0.351. The molecule has 0 N–H and O–H groups in total. The summed E-state index contributed by atoms with van der Waals surface area (Å²) in [5.41, 5.74) is 2.48. The molecule has 0 spiro atoms. The van der Waals surface area contributed by atoms with E-state index in [2.05, 4.69) is 29.4 Å². The molecular weight excluding hydrogens is 248 g/mol. The maximum absolute atomic E-state index is 12.3. The van der Waals surface area contributed by atoms with Crippen LogP contribution < -0.4 is 0 Å². The van der Waals surface area contributed by atoms with E-state index in [1.807, 2.05) is 6.07 Å². The van der Waals surface area contributed by atoms with Gasteiger partial charge in [0, 0.05) is 6.54 Å². The smallest absolute Gasteiger partial charge is 0.251 e. The van der Waals surface area contributed by atoms with Gasteiger partial charge in [0.05, 0.1) is 11.6 Å². The van der Waals surface area contributed by atoms with Crippen molar-refractivity contribution < 1.29 is 4.79 Å². The fraction of sp³-hybridized carbons (Fsp3) is 0.529. The molecule has 1 amide bonds. The highest BCUT2D eigenvalue weighted by Crippen LogP contribution is 2.28. The topological polar surface area (TPSA) is 32.7 Å². The van der Waals surface area contributed by atoms with Crippen LogP contribution in [0.4, 0.5) is 0 Å². The Hall–Kier alpha value is -1.64. The third-order valence-electron chi connectivity index (χ3n) is 4.31. The van der Waals surface area contributed by atoms with Crippen molar-refractivity contribution in [3.05, 3.63) is 35.9 Å². The Kier molecular flexibility index (Phi) is 4.14. The van der Waals surface area contributed by atoms with Crippen molar-refractivity contribution in [1.29, 1.82) is 0 Å². The van der Waals surface area contributed by atoms with Gasteiger partial charge in [-0.1, -0.05) is 43.2 Å². The van der Waals surface area contributed by atoms with Gasteiger partial charge in [0.25, 0.3) is 5.91 Å². The first kappa shape index (κ1) is 13.3. The highest BCUT2D eigenvalue weighted by Gasteiger charge is 2.35. The minimum absolute atomic E-state index is 0.106. The molecule has 1 saturated carbocycles. The van der Waals surface area contributed by atoms with Crippen LogP contribution in [0.5, 0.6) is 0 Å². The second-order valence-electron chi connectivity index (χ2n) is 5.79. The number of hydrogen-bond donors (Lipinski definition) is 0. The Morgan fingerprint density at radius 1 is 1.15 bits per heavy atom. The summed E-state index contributed by atoms with van der Waals surface area (Å²) >= 11 is 0. The van der Waals surface area contributed by atoms with Crippen LogP contribution in [0.25, 0.3) is 0 Å². The zero-order chi connectivity index (χ0) is 13.8. The molecule has 1 fully saturated rings. The number of amides is 1. The summed E-state index contributed by atoms with van der Waals surface area (Å²) in [5, 5.41) is 6.31. The zero-order valence-electron chi connectivity index (χ0n) is 11.9. The Morgan fingerprint density at radius 3 is 2.85 bits per heavy atom. The van der Waals surface area contributed by atoms with Crippen molar-refractivity contribution in [3.63, 3.8) is 0 Å². The van der Waals surface area contributed by atoms with E-state index in [0.717, 1.165) is 37.9 Å². The lowest BCUT2D eigenvalue weighted by Crippen LogP contribution is -2.28. The Bertz CT molecular complexity index is 495. The van der Waals surface area contributed by atoms with Crippen LogP contribution in [0.15, 0.2) is 35.4 Å². The molecule has 106 valence electrons. The van der Waals surface area contributed by atoms with Crippen LogP contribution in [-0.4, -0.2) is 23.2 Å². The van der Waals surface area contributed by atoms with Crippen molar-refractivity contribution in [3.8, 4) is 0 Å². The fourth-order valence-electron chi connectivity index (χ4n) is 3.18. The van der Waals surface area contributed by atoms with Gasteiger partial charge >= 0.3 is 0 Å². The van der Waals surface area contributed by atoms with Gasteiger partial charge in [-0.25, -0.2) is 5.01 Å². The molecule has 0 aromatic heterocycles. The number of nitrogens with zero attached hydrogens (tertiary/aromatic N) is 2. The van der Waals surface area contributed by atoms with Gasteiger partial charge in [0.15, 0.2) is 0 Å². The molecule has 2 aliphatic rings. The number of carbonyl (C=O) groups excluding carboxylic acids is 1. The van der Waals surface area contributed by atoms with E-state index in [0.29, 0.717) is 0 Å². The maximum atomic E-state index is 12.3. The maximum Gasteiger partial charge on any atom is 0.251 e. The van der Waals surface area contributed by atoms with Gasteiger partial charge in [0.2, 0.25) is 0 Å². The van der Waals surface area contributed by atoms with Gasteiger partial charge in [-0.3, -0.25) is 4.79 Å². The molecule has 20 heavy (non-hydrogen) atoms. The number of hydrazone groups is 1. The third kappa shape index (κ3) is 2.92. The van der Waals surface area contributed by atoms with Gasteiger partial charge in [-0.15, -0.1) is 0 Å². The number of fused-ring (bicyclic) bond motifs is 1. The predicted octanol–water partition coefficient (Wildman–Crippen LogP) is 3.40. The second-order valence-corrected chi connectivity index (χ2v) is 5.79. The number of carbonyl (C=O) groups is 1. The molecule has 1 heterocycles. The van der Waals surface area contributed by atoms with Crippen LogP contribution in [0.2, 0.25) is 0 Å². The Morgan fingerprint density at radius 2 is 2.00 bits per heavy atom. The molecule has 1 aliphatic heterocycles. The van der Waals surface area contributed by atoms with E-state index in [9.17, 15) is 4.79 Å². The van der Waals surface area contributed by atoms with Gasteiger partial charge in [-0.05, 0) is 37.7 Å². The highest BCUT2D eigenvalue weighted by molar-refractivity contribution is 6.08. The van der Waals surface area contributed by atoms with E-state index < -0.39 is 0 Å². The van der Waals surface area contributed by atoms with Crippen LogP contribution in [0.1, 0.15) is 44.1 Å². The monoisotopic (exact) mass is 270 g/mol. The summed E-state index contributed by atoms with van der Waals surface area (Å²) in [6, 6.07) is 10.4. The summed E-state index contributed by atoms with van der Waals surface area (Å²) in [6.45, 7) is 0.758. The summed E-state index contributed by atoms with van der Waals surface area (Å²) < 4.78 is 0. The first-order chi connectivity index (χ1) is 9.84. The second kappa shape index (κ2) is 6.21. The van der Waals surface area contributed by atoms with Crippen LogP contribution in [-0.2, 0) is 11.2 Å². The van der Waals surface area contributed by atoms with E-state index in [1.54, 1.807) is 5.01 Å². The highest BCUT2D eigenvalue weighted by atomic mass is 16.2. The predicted molar refractivity (Wildman–Crippen MR) is 80.5 cm³/mol. The first-order valence-electron chi connectivity index (χ1n) is 7.77. The number of hydrogen-bond acceptors (Lipinski definition) is 2. The van der Waals surface area contributed by atoms with E-state index >= 15 is 0 Å². The standard InChI is InChI=1S/C17H22N2O/c20-17-15-11-5-2-6-12-16(15)18-19(17)13-7-10-14-8-3-1-4-9-14/h1,3-4,8-9,15H,2,5-7,10-13H2. The minimum Gasteiger partial charge on any atom is -0.272 e. The molecule has 3 heteroatoms. The molecule has 1 aliphatic carbocycles. The minimum atomic E-state index is 0.106. The van der Waals surface area contributed by atoms with Crippen molar-refractivity contribution in [1.82, 2.24) is 5.01 Å². The van der Waals surface area contributed by atoms with Crippen LogP contribution >= 0.6 is 0 Å². The summed E-state index contributed by atoms with van der Waals surface area (Å²) in [6.07, 6.45) is 7.64. The molecule has 0 saturated heterocycles. The third-order valence-corrected chi connectivity index (χ3v) is 4.31. The average molecular weight is 270 g/mol. The lowest BCUT2D eigenvalue weighted by molar-refractivity contribution is -0.131. The number of aryl methyl sites for hydroxylation is 1. The Labute approximate surface area is 120 Å². The Balaban J connectivity index is 1.54. The molecule has 0 bridgehead atoms. The fourth-order valence-corrected chi connectivity index (χ4v) is 3.18. The lowest BCUT2D eigenvalue weighted by Gasteiger charge is -2.13. The van der Waals surface area contributed by atoms with Crippen LogP contribution in [0, 0.1) is 5.92 Å². The van der Waals surface area contributed by atoms with Crippen molar-refractivity contribution in [2.45, 2.75) is 44.9 Å². The van der Waals surface area contributed by atoms with Crippen molar-refractivity contribution in [2.24, 2.45) is 11.0 Å². The lowest BCUT2D eigenvalue weighted by atomic mass is 9.98. The van der Waals surface area contributed by atoms with E-state index in [-0.39, 0.29) is 11.8 Å². The van der Waals surface area contributed by atoms with Crippen molar-refractivity contribution in [2.75, 3.05) is 6.54 Å². The summed E-state index contributed by atoms with van der Waals surface area (Å²) in [7, 11) is 0. The molecule has 3 rings (SSSR count). The van der Waals surface area contributed by atoms with Gasteiger partial charge in [0.1, 0.15) is 0 Å². The van der Waals surface area contributed by atoms with Gasteiger partial charge in [-0.2, -0.15) is 5.10 Å². The molecule has 1 aromatic carbocycles. The average Bonchev–Trinajstić information content (AvgIpc) is 2.66. The molecule has 3 nitrogen and oxygen atoms in total. The number of rotatable bonds is 4. The normalized spacial score (nSPS) is 22.4. The zero-order valence-corrected chi connectivity index (χ0v) is 11.9. The van der Waals surface area contributed by atoms with Gasteiger partial charge < -0.3 is 0 Å². The molecular formula is C17H22N2O. The quantitative estimate of drug-likeness (QED) is 0.825. The van der Waals surface area contributed by atoms with E-state index in [4.69, 9.17) is 0 Å². The number of benzene rings is 1.